The van der Waals surface area contributed by atoms with Gasteiger partial charge in [-0.1, -0.05) is 24.3 Å². The first-order chi connectivity index (χ1) is 10.3. The highest BCUT2D eigenvalue weighted by molar-refractivity contribution is 5.75. The van der Waals surface area contributed by atoms with Crippen LogP contribution in [-0.4, -0.2) is 21.3 Å². The van der Waals surface area contributed by atoms with E-state index < -0.39 is 0 Å². The zero-order chi connectivity index (χ0) is 14.7. The molecule has 0 saturated heterocycles. The molecule has 0 aliphatic carbocycles. The summed E-state index contributed by atoms with van der Waals surface area (Å²) in [6.45, 7) is 3.17. The van der Waals surface area contributed by atoms with E-state index >= 15 is 0 Å². The van der Waals surface area contributed by atoms with Crippen LogP contribution in [-0.2, 0) is 13.2 Å². The van der Waals surface area contributed by atoms with Crippen molar-refractivity contribution in [2.24, 2.45) is 0 Å². The summed E-state index contributed by atoms with van der Waals surface area (Å²) in [4.78, 5) is 4.43. The van der Waals surface area contributed by atoms with Gasteiger partial charge in [0.05, 0.1) is 17.6 Å². The molecule has 21 heavy (non-hydrogen) atoms. The summed E-state index contributed by atoms with van der Waals surface area (Å²) in [5, 5.41) is 9.45. The van der Waals surface area contributed by atoms with Gasteiger partial charge >= 0.3 is 0 Å². The number of aliphatic hydroxyl groups is 1. The van der Waals surface area contributed by atoms with Gasteiger partial charge in [0.15, 0.2) is 0 Å². The average Bonchev–Trinajstić information content (AvgIpc) is 2.86. The molecular formula is C17H18N2O2. The molecule has 4 heteroatoms. The molecule has 0 unspecified atom stereocenters. The standard InChI is InChI=1S/C17H18N2O2/c1-13-5-4-6-14(11-13)21-10-9-19-16-8-3-2-7-15(16)18-17(19)12-20/h2-8,11,20H,9-10,12H2,1H3. The molecule has 0 aliphatic rings. The second-order valence-corrected chi connectivity index (χ2v) is 4.99. The van der Waals surface area contributed by atoms with Gasteiger partial charge in [-0.2, -0.15) is 0 Å². The van der Waals surface area contributed by atoms with Crippen molar-refractivity contribution in [1.29, 1.82) is 0 Å². The first-order valence-electron chi connectivity index (χ1n) is 7.02. The molecule has 0 radical (unpaired) electrons. The van der Waals surface area contributed by atoms with Crippen molar-refractivity contribution in [2.75, 3.05) is 6.61 Å². The molecule has 1 N–H and O–H groups in total. The SMILES string of the molecule is Cc1cccc(OCCn2c(CO)nc3ccccc32)c1. The largest absolute Gasteiger partial charge is 0.492 e. The summed E-state index contributed by atoms with van der Waals surface area (Å²) < 4.78 is 7.78. The van der Waals surface area contributed by atoms with Crippen LogP contribution in [0.15, 0.2) is 48.5 Å². The van der Waals surface area contributed by atoms with Crippen LogP contribution in [0.2, 0.25) is 0 Å². The monoisotopic (exact) mass is 282 g/mol. The summed E-state index contributed by atoms with van der Waals surface area (Å²) in [6, 6.07) is 15.9. The zero-order valence-electron chi connectivity index (χ0n) is 12.0. The number of fused-ring (bicyclic) bond motifs is 1. The molecule has 108 valence electrons. The third-order valence-corrected chi connectivity index (χ3v) is 3.45. The fourth-order valence-electron chi connectivity index (χ4n) is 2.46. The Morgan fingerprint density at radius 2 is 2.00 bits per heavy atom. The van der Waals surface area contributed by atoms with Gasteiger partial charge in [0.2, 0.25) is 0 Å². The van der Waals surface area contributed by atoms with Crippen molar-refractivity contribution in [1.82, 2.24) is 9.55 Å². The van der Waals surface area contributed by atoms with Crippen LogP contribution >= 0.6 is 0 Å². The van der Waals surface area contributed by atoms with E-state index in [9.17, 15) is 5.11 Å². The lowest BCUT2D eigenvalue weighted by Crippen LogP contribution is -2.11. The highest BCUT2D eigenvalue weighted by Gasteiger charge is 2.09. The third kappa shape index (κ3) is 2.90. The molecule has 0 saturated carbocycles. The first kappa shape index (κ1) is 13.6. The maximum atomic E-state index is 9.45. The van der Waals surface area contributed by atoms with Crippen LogP contribution in [0, 0.1) is 6.92 Å². The van der Waals surface area contributed by atoms with Crippen LogP contribution in [0.1, 0.15) is 11.4 Å². The Bertz CT molecular complexity index is 749. The molecule has 1 heterocycles. The summed E-state index contributed by atoms with van der Waals surface area (Å²) in [5.74, 6) is 1.54. The number of nitrogens with zero attached hydrogens (tertiary/aromatic N) is 2. The van der Waals surface area contributed by atoms with Crippen molar-refractivity contribution in [3.63, 3.8) is 0 Å². The highest BCUT2D eigenvalue weighted by Crippen LogP contribution is 2.17. The van der Waals surface area contributed by atoms with Gasteiger partial charge in [0, 0.05) is 0 Å². The predicted octanol–water partition coefficient (Wildman–Crippen LogP) is 2.92. The zero-order valence-corrected chi connectivity index (χ0v) is 12.0. The lowest BCUT2D eigenvalue weighted by molar-refractivity contribution is 0.255. The van der Waals surface area contributed by atoms with Crippen LogP contribution in [0.3, 0.4) is 0 Å². The summed E-state index contributed by atoms with van der Waals surface area (Å²) >= 11 is 0. The minimum atomic E-state index is -0.0703. The smallest absolute Gasteiger partial charge is 0.135 e. The van der Waals surface area contributed by atoms with Gasteiger partial charge in [-0.25, -0.2) is 4.98 Å². The van der Waals surface area contributed by atoms with Crippen molar-refractivity contribution in [3.05, 3.63) is 59.9 Å². The van der Waals surface area contributed by atoms with E-state index in [1.807, 2.05) is 60.0 Å². The Hall–Kier alpha value is -2.33. The molecule has 0 amide bonds. The number of rotatable bonds is 5. The molecule has 0 spiro atoms. The number of aliphatic hydroxyl groups excluding tert-OH is 1. The molecule has 0 atom stereocenters. The Morgan fingerprint density at radius 3 is 2.81 bits per heavy atom. The van der Waals surface area contributed by atoms with Crippen molar-refractivity contribution >= 4 is 11.0 Å². The number of hydrogen-bond donors (Lipinski definition) is 1. The maximum absolute atomic E-state index is 9.45. The second-order valence-electron chi connectivity index (χ2n) is 4.99. The number of ether oxygens (including phenoxy) is 1. The fraction of sp³-hybridized carbons (Fsp3) is 0.235. The average molecular weight is 282 g/mol. The first-order valence-corrected chi connectivity index (χ1v) is 7.02. The van der Waals surface area contributed by atoms with E-state index in [1.54, 1.807) is 0 Å². The summed E-state index contributed by atoms with van der Waals surface area (Å²) in [7, 11) is 0. The normalized spacial score (nSPS) is 11.0. The Labute approximate surface area is 123 Å². The number of benzene rings is 2. The number of imidazole rings is 1. The van der Waals surface area contributed by atoms with Gasteiger partial charge in [0.25, 0.3) is 0 Å². The van der Waals surface area contributed by atoms with E-state index in [2.05, 4.69) is 4.98 Å². The number of aryl methyl sites for hydroxylation is 1. The second kappa shape index (κ2) is 5.97. The molecule has 0 fully saturated rings. The van der Waals surface area contributed by atoms with Gasteiger partial charge in [0.1, 0.15) is 24.8 Å². The number of para-hydroxylation sites is 2. The third-order valence-electron chi connectivity index (χ3n) is 3.45. The van der Waals surface area contributed by atoms with Crippen LogP contribution < -0.4 is 4.74 Å². The minimum Gasteiger partial charge on any atom is -0.492 e. The summed E-state index contributed by atoms with van der Waals surface area (Å²) in [5.41, 5.74) is 3.10. The predicted molar refractivity (Wildman–Crippen MR) is 82.3 cm³/mol. The fourth-order valence-corrected chi connectivity index (χ4v) is 2.46. The lowest BCUT2D eigenvalue weighted by atomic mass is 10.2. The molecule has 1 aromatic heterocycles. The van der Waals surface area contributed by atoms with Crippen molar-refractivity contribution in [2.45, 2.75) is 20.1 Å². The van der Waals surface area contributed by atoms with Gasteiger partial charge < -0.3 is 14.4 Å². The lowest BCUT2D eigenvalue weighted by Gasteiger charge is -2.10. The molecule has 0 aliphatic heterocycles. The Balaban J connectivity index is 1.75. The van der Waals surface area contributed by atoms with Crippen molar-refractivity contribution < 1.29 is 9.84 Å². The van der Waals surface area contributed by atoms with E-state index in [0.717, 1.165) is 16.8 Å². The van der Waals surface area contributed by atoms with Gasteiger partial charge in [-0.05, 0) is 36.8 Å². The maximum Gasteiger partial charge on any atom is 0.135 e. The summed E-state index contributed by atoms with van der Waals surface area (Å²) in [6.07, 6.45) is 0. The molecule has 2 aromatic carbocycles. The van der Waals surface area contributed by atoms with Gasteiger partial charge in [-0.15, -0.1) is 0 Å². The number of hydrogen-bond acceptors (Lipinski definition) is 3. The highest BCUT2D eigenvalue weighted by atomic mass is 16.5. The van der Waals surface area contributed by atoms with Crippen LogP contribution in [0.25, 0.3) is 11.0 Å². The Kier molecular flexibility index (Phi) is 3.88. The van der Waals surface area contributed by atoms with Crippen LogP contribution in [0.4, 0.5) is 0 Å². The molecule has 4 nitrogen and oxygen atoms in total. The van der Waals surface area contributed by atoms with Gasteiger partial charge in [-0.3, -0.25) is 0 Å². The topological polar surface area (TPSA) is 47.3 Å². The van der Waals surface area contributed by atoms with Crippen LogP contribution in [0.5, 0.6) is 5.75 Å². The number of aromatic nitrogens is 2. The molecule has 0 bridgehead atoms. The van der Waals surface area contributed by atoms with E-state index in [1.165, 1.54) is 5.56 Å². The molecular weight excluding hydrogens is 264 g/mol. The van der Waals surface area contributed by atoms with E-state index in [0.29, 0.717) is 19.0 Å². The van der Waals surface area contributed by atoms with E-state index in [-0.39, 0.29) is 6.61 Å². The molecule has 3 rings (SSSR count). The minimum absolute atomic E-state index is 0.0703. The Morgan fingerprint density at radius 1 is 1.14 bits per heavy atom. The van der Waals surface area contributed by atoms with E-state index in [4.69, 9.17) is 4.74 Å². The van der Waals surface area contributed by atoms with Crippen molar-refractivity contribution in [3.8, 4) is 5.75 Å². The quantitative estimate of drug-likeness (QED) is 0.782. The molecule has 3 aromatic rings.